The lowest BCUT2D eigenvalue weighted by Gasteiger charge is -2.13. The summed E-state index contributed by atoms with van der Waals surface area (Å²) in [5, 5.41) is 13.6. The van der Waals surface area contributed by atoms with Crippen molar-refractivity contribution in [3.63, 3.8) is 0 Å². The van der Waals surface area contributed by atoms with Crippen LogP contribution in [0.25, 0.3) is 0 Å². The lowest BCUT2D eigenvalue weighted by atomic mass is 10.2. The maximum atomic E-state index is 7.30. The summed E-state index contributed by atoms with van der Waals surface area (Å²) < 4.78 is 0. The Labute approximate surface area is 110 Å². The van der Waals surface area contributed by atoms with Gasteiger partial charge in [0.25, 0.3) is 0 Å². The average Bonchev–Trinajstić information content (AvgIpc) is 2.26. The van der Waals surface area contributed by atoms with E-state index in [0.29, 0.717) is 22.2 Å². The Balaban J connectivity index is 2.95. The second kappa shape index (κ2) is 6.27. The highest BCUT2D eigenvalue weighted by atomic mass is 35.5. The molecule has 0 radical (unpaired) electrons. The third-order valence-corrected chi connectivity index (χ3v) is 2.57. The van der Waals surface area contributed by atoms with Crippen LogP contribution >= 0.6 is 23.2 Å². The maximum Gasteiger partial charge on any atom is 0.209 e. The first-order chi connectivity index (χ1) is 8.06. The van der Waals surface area contributed by atoms with Gasteiger partial charge in [-0.05, 0) is 12.1 Å². The van der Waals surface area contributed by atoms with E-state index in [1.807, 2.05) is 0 Å². The fraction of sp³-hybridized carbons (Fsp3) is 0.0909. The normalized spacial score (nSPS) is 10.5. The monoisotopic (exact) mass is 270 g/mol. The van der Waals surface area contributed by atoms with Crippen molar-refractivity contribution < 1.29 is 0 Å². The lowest BCUT2D eigenvalue weighted by Crippen LogP contribution is -2.32. The minimum Gasteiger partial charge on any atom is -0.369 e. The number of hydrazone groups is 1. The highest BCUT2D eigenvalue weighted by Gasteiger charge is 2.04. The van der Waals surface area contributed by atoms with Crippen LogP contribution in [0, 0.1) is 5.41 Å². The van der Waals surface area contributed by atoms with Gasteiger partial charge in [-0.3, -0.25) is 5.41 Å². The first-order valence-electron chi connectivity index (χ1n) is 4.76. The van der Waals surface area contributed by atoms with Crippen LogP contribution in [0.4, 0.5) is 0 Å². The van der Waals surface area contributed by atoms with E-state index in [1.54, 1.807) is 24.3 Å². The van der Waals surface area contributed by atoms with Crippen molar-refractivity contribution in [2.75, 3.05) is 6.54 Å². The van der Waals surface area contributed by atoms with E-state index in [0.717, 1.165) is 0 Å². The third kappa shape index (κ3) is 3.76. The fourth-order valence-corrected chi connectivity index (χ4v) is 1.59. The molecule has 0 aromatic heterocycles. The van der Waals surface area contributed by atoms with E-state index in [1.165, 1.54) is 11.2 Å². The molecule has 17 heavy (non-hydrogen) atoms. The zero-order valence-electron chi connectivity index (χ0n) is 9.03. The number of guanidine groups is 1. The van der Waals surface area contributed by atoms with Crippen LogP contribution in [0.1, 0.15) is 5.56 Å². The first-order valence-corrected chi connectivity index (χ1v) is 5.52. The van der Waals surface area contributed by atoms with Crippen LogP contribution in [0.15, 0.2) is 36.0 Å². The molecule has 0 amide bonds. The molecule has 0 fully saturated rings. The summed E-state index contributed by atoms with van der Waals surface area (Å²) in [6.07, 6.45) is 3.06. The molecule has 4 nitrogen and oxygen atoms in total. The molecule has 1 aromatic rings. The second-order valence-electron chi connectivity index (χ2n) is 3.14. The molecule has 0 spiro atoms. The van der Waals surface area contributed by atoms with Crippen molar-refractivity contribution in [1.82, 2.24) is 5.01 Å². The minimum atomic E-state index is -0.177. The Hall–Kier alpha value is -1.52. The number of halogens is 2. The Morgan fingerprint density at radius 2 is 2.06 bits per heavy atom. The lowest BCUT2D eigenvalue weighted by molar-refractivity contribution is 0.488. The maximum absolute atomic E-state index is 7.30. The number of hydrogen-bond acceptors (Lipinski definition) is 2. The van der Waals surface area contributed by atoms with Crippen LogP contribution in [0.3, 0.4) is 0 Å². The van der Waals surface area contributed by atoms with Crippen LogP contribution in [-0.4, -0.2) is 23.7 Å². The van der Waals surface area contributed by atoms with Crippen molar-refractivity contribution in [3.8, 4) is 0 Å². The molecule has 0 aliphatic heterocycles. The second-order valence-corrected chi connectivity index (χ2v) is 3.95. The molecular weight excluding hydrogens is 259 g/mol. The molecule has 3 N–H and O–H groups in total. The van der Waals surface area contributed by atoms with Gasteiger partial charge in [0.05, 0.1) is 22.8 Å². The molecule has 0 aliphatic carbocycles. The van der Waals surface area contributed by atoms with Crippen molar-refractivity contribution in [3.05, 3.63) is 46.5 Å². The molecule has 0 saturated heterocycles. The van der Waals surface area contributed by atoms with Gasteiger partial charge in [0.15, 0.2) is 0 Å². The predicted molar refractivity (Wildman–Crippen MR) is 72.9 cm³/mol. The average molecular weight is 271 g/mol. The van der Waals surface area contributed by atoms with Crippen LogP contribution in [-0.2, 0) is 0 Å². The van der Waals surface area contributed by atoms with E-state index in [2.05, 4.69) is 11.7 Å². The largest absolute Gasteiger partial charge is 0.369 e. The topological polar surface area (TPSA) is 65.5 Å². The summed E-state index contributed by atoms with van der Waals surface area (Å²) in [7, 11) is 0. The zero-order chi connectivity index (χ0) is 12.8. The molecule has 1 aromatic carbocycles. The molecule has 0 bridgehead atoms. The van der Waals surface area contributed by atoms with E-state index < -0.39 is 0 Å². The van der Waals surface area contributed by atoms with Gasteiger partial charge in [-0.25, -0.2) is 5.01 Å². The van der Waals surface area contributed by atoms with E-state index in [4.69, 9.17) is 34.3 Å². The van der Waals surface area contributed by atoms with Gasteiger partial charge in [0.1, 0.15) is 0 Å². The van der Waals surface area contributed by atoms with Crippen molar-refractivity contribution in [2.24, 2.45) is 10.8 Å². The molecule has 0 aliphatic rings. The fourth-order valence-electron chi connectivity index (χ4n) is 1.09. The number of nitrogens with one attached hydrogen (secondary N) is 1. The summed E-state index contributed by atoms with van der Waals surface area (Å²) in [6, 6.07) is 5.16. The highest BCUT2D eigenvalue weighted by molar-refractivity contribution is 6.38. The number of nitrogens with zero attached hydrogens (tertiary/aromatic N) is 2. The standard InChI is InChI=1S/C11H12Cl2N4/c1-2-6-17(11(14)15)16-7-8-9(12)4-3-5-10(8)13/h2-5,7H,1,6H2,(H3,14,15). The highest BCUT2D eigenvalue weighted by Crippen LogP contribution is 2.22. The van der Waals surface area contributed by atoms with E-state index in [-0.39, 0.29) is 5.96 Å². The third-order valence-electron chi connectivity index (χ3n) is 1.91. The van der Waals surface area contributed by atoms with Gasteiger partial charge in [0, 0.05) is 5.56 Å². The SMILES string of the molecule is C=CCN(N=Cc1c(Cl)cccc1Cl)C(=N)N. The predicted octanol–water partition coefficient (Wildman–Crippen LogP) is 2.71. The molecular formula is C11H12Cl2N4. The molecule has 1 rings (SSSR count). The van der Waals surface area contributed by atoms with Gasteiger partial charge in [-0.15, -0.1) is 6.58 Å². The van der Waals surface area contributed by atoms with Crippen molar-refractivity contribution in [2.45, 2.75) is 0 Å². The molecule has 0 unspecified atom stereocenters. The Kier molecular flexibility index (Phi) is 5.00. The summed E-state index contributed by atoms with van der Waals surface area (Å²) >= 11 is 11.9. The first kappa shape index (κ1) is 13.5. The molecule has 0 atom stereocenters. The van der Waals surface area contributed by atoms with Crippen LogP contribution in [0.2, 0.25) is 10.0 Å². The molecule has 0 saturated carbocycles. The van der Waals surface area contributed by atoms with Gasteiger partial charge in [-0.1, -0.05) is 35.3 Å². The zero-order valence-corrected chi connectivity index (χ0v) is 10.5. The Morgan fingerprint density at radius 1 is 1.47 bits per heavy atom. The molecule has 0 heterocycles. The van der Waals surface area contributed by atoms with Gasteiger partial charge >= 0.3 is 0 Å². The number of benzene rings is 1. The van der Waals surface area contributed by atoms with Crippen molar-refractivity contribution in [1.29, 1.82) is 5.41 Å². The van der Waals surface area contributed by atoms with Gasteiger partial charge in [-0.2, -0.15) is 5.10 Å². The summed E-state index contributed by atoms with van der Waals surface area (Å²) in [4.78, 5) is 0. The smallest absolute Gasteiger partial charge is 0.209 e. The summed E-state index contributed by atoms with van der Waals surface area (Å²) in [6.45, 7) is 3.89. The van der Waals surface area contributed by atoms with Crippen LogP contribution < -0.4 is 5.73 Å². The number of rotatable bonds is 4. The van der Waals surface area contributed by atoms with Gasteiger partial charge < -0.3 is 5.73 Å². The Morgan fingerprint density at radius 3 is 2.53 bits per heavy atom. The Bertz CT molecular complexity index is 437. The van der Waals surface area contributed by atoms with E-state index in [9.17, 15) is 0 Å². The van der Waals surface area contributed by atoms with Crippen molar-refractivity contribution >= 4 is 35.4 Å². The quantitative estimate of drug-likeness (QED) is 0.382. The number of hydrogen-bond donors (Lipinski definition) is 2. The number of nitrogens with two attached hydrogens (primary N) is 1. The molecule has 90 valence electrons. The molecule has 6 heteroatoms. The summed E-state index contributed by atoms with van der Waals surface area (Å²) in [5.41, 5.74) is 5.93. The van der Waals surface area contributed by atoms with Gasteiger partial charge in [0.2, 0.25) is 5.96 Å². The van der Waals surface area contributed by atoms with Crippen LogP contribution in [0.5, 0.6) is 0 Å². The van der Waals surface area contributed by atoms with E-state index >= 15 is 0 Å². The minimum absolute atomic E-state index is 0.177. The summed E-state index contributed by atoms with van der Waals surface area (Å²) in [5.74, 6) is -0.177.